The SMILES string of the molecule is C[C@]12CC[C@](C)(CC(Oc3ccc(-c4ncc(-n5nccn5)cc4O)nn3)C1)N2.Oc1cc(-c2cn[nH]c2)cnc1-c1ccc(OC2CC3(CC3)NC3(CC3)C2)nn1.[2H]C([2H])([2H])n1cc(-c2cnc(-c3ccc(OC4C[C@]5(C)CC[C@](C)(C4)N5)nn3)c(O)c2)cn1. The van der Waals surface area contributed by atoms with Crippen molar-refractivity contribution in [3.05, 3.63) is 110 Å². The number of fused-ring (bicyclic) bond motifs is 4. The van der Waals surface area contributed by atoms with Gasteiger partial charge in [0, 0.05) is 154 Å². The predicted molar refractivity (Wildman–Crippen MR) is 322 cm³/mol. The predicted octanol–water partition coefficient (Wildman–Crippen LogP) is 8.18. The summed E-state index contributed by atoms with van der Waals surface area (Å²) in [7, 11) is 0. The van der Waals surface area contributed by atoms with Crippen LogP contribution in [0.4, 0.5) is 0 Å². The Bertz CT molecular complexity index is 3900. The maximum absolute atomic E-state index is 10.5. The third kappa shape index (κ3) is 12.2. The Kier molecular flexibility index (Phi) is 13.3. The normalized spacial score (nSPS) is 27.2. The number of ether oxygens (including phenoxy) is 3. The molecule has 454 valence electrons. The Labute approximate surface area is 511 Å². The number of hydrogen-bond donors (Lipinski definition) is 7. The first kappa shape index (κ1) is 53.2. The van der Waals surface area contributed by atoms with Crippen LogP contribution < -0.4 is 30.2 Å². The van der Waals surface area contributed by atoms with Gasteiger partial charge in [0.25, 0.3) is 0 Å². The minimum absolute atomic E-state index is 0.0152. The standard InChI is InChI=1S/C22H26N6O2.C21H22N6O2.C20H23N7O2/c1-21-6-7-22(2,27-21)10-16(9-21)30-19-5-4-17(25-26-19)20-18(29)8-14(11-23-20)15-12-24-28(3)13-15;28-17-7-13(14-11-23-24-12-14)10-22-19(17)16-1-2-18(26-25-16)29-15-8-20(3-4-20)27-21(9-15)5-6-21;1-19-5-6-20(2,26-19)11-14(10-19)29-17-4-3-15(24-25-17)18-16(28)9-13(12-21-18)27-22-7-8-23-27/h4-5,8,11-13,16,27,29H,6-7,9-10H2,1-3H3;1-2,7,10-12,15,27-28H,3-6,8-9H2,(H,23,24);3-4,7-9,12,14,26,28H,5-6,10-11H2,1-2H3/t16?,21-,22+;;14?,19-,20+/i3D3;;. The molecular weight excluding hydrogens is 1120 g/mol. The topological polar surface area (TPSA) is 318 Å². The molecule has 25 heteroatoms. The van der Waals surface area contributed by atoms with Crippen LogP contribution in [0.1, 0.15) is 122 Å². The molecule has 7 N–H and O–H groups in total. The van der Waals surface area contributed by atoms with Crippen molar-refractivity contribution in [2.24, 2.45) is 6.98 Å². The largest absolute Gasteiger partial charge is 0.506 e. The van der Waals surface area contributed by atoms with E-state index in [4.69, 9.17) is 18.3 Å². The van der Waals surface area contributed by atoms with Crippen LogP contribution in [0, 0.1) is 0 Å². The van der Waals surface area contributed by atoms with Crippen molar-refractivity contribution < 1.29 is 33.6 Å². The molecule has 88 heavy (non-hydrogen) atoms. The van der Waals surface area contributed by atoms with Crippen molar-refractivity contribution in [1.29, 1.82) is 0 Å². The third-order valence-corrected chi connectivity index (χ3v) is 18.3. The second-order valence-electron chi connectivity index (χ2n) is 26.1. The lowest BCUT2D eigenvalue weighted by molar-refractivity contribution is 0.0748. The maximum atomic E-state index is 10.5. The summed E-state index contributed by atoms with van der Waals surface area (Å²) >= 11 is 0. The van der Waals surface area contributed by atoms with Gasteiger partial charge < -0.3 is 45.5 Å². The van der Waals surface area contributed by atoms with Crippen LogP contribution >= 0.6 is 0 Å². The molecule has 7 aliphatic rings. The summed E-state index contributed by atoms with van der Waals surface area (Å²) in [5, 5.41) is 86.5. The Morgan fingerprint density at radius 3 is 1.31 bits per heavy atom. The Balaban J connectivity index is 0.000000119. The van der Waals surface area contributed by atoms with E-state index in [1.54, 1.807) is 79.6 Å². The summed E-state index contributed by atoms with van der Waals surface area (Å²) in [6, 6.07) is 15.3. The van der Waals surface area contributed by atoms with E-state index >= 15 is 0 Å². The van der Waals surface area contributed by atoms with Crippen LogP contribution in [0.2, 0.25) is 0 Å². The maximum Gasteiger partial charge on any atom is 0.233 e. The highest BCUT2D eigenvalue weighted by molar-refractivity contribution is 5.71. The molecule has 2 aliphatic carbocycles. The molecule has 16 rings (SSSR count). The van der Waals surface area contributed by atoms with Gasteiger partial charge in [0.2, 0.25) is 17.6 Å². The molecule has 5 saturated heterocycles. The van der Waals surface area contributed by atoms with Crippen molar-refractivity contribution in [3.8, 4) is 97.0 Å². The molecule has 0 amide bonds. The smallest absolute Gasteiger partial charge is 0.233 e. The molecule has 9 aromatic rings. The number of hydrogen-bond acceptors (Lipinski definition) is 22. The summed E-state index contributed by atoms with van der Waals surface area (Å²) in [4.78, 5) is 14.3. The van der Waals surface area contributed by atoms with Gasteiger partial charge in [-0.05, 0) is 109 Å². The van der Waals surface area contributed by atoms with E-state index in [0.717, 1.165) is 67.2 Å². The average molecular weight is 1190 g/mol. The third-order valence-electron chi connectivity index (χ3n) is 18.3. The van der Waals surface area contributed by atoms with Crippen molar-refractivity contribution >= 4 is 0 Å². The van der Waals surface area contributed by atoms with Crippen molar-refractivity contribution in [1.82, 2.24) is 96.5 Å². The molecule has 4 bridgehead atoms. The zero-order valence-electron chi connectivity index (χ0n) is 52.3. The van der Waals surface area contributed by atoms with Gasteiger partial charge in [-0.1, -0.05) is 0 Å². The number of aromatic hydroxyl groups is 3. The van der Waals surface area contributed by atoms with Crippen LogP contribution in [0.3, 0.4) is 0 Å². The molecule has 25 nitrogen and oxygen atoms in total. The van der Waals surface area contributed by atoms with Crippen molar-refractivity contribution in [2.75, 3.05) is 0 Å². The number of pyridine rings is 3. The lowest BCUT2D eigenvalue weighted by Crippen LogP contribution is -2.56. The second-order valence-corrected chi connectivity index (χ2v) is 26.1. The summed E-state index contributed by atoms with van der Waals surface area (Å²) in [6.45, 7) is 6.65. The van der Waals surface area contributed by atoms with Crippen LogP contribution in [0.5, 0.6) is 34.9 Å². The van der Waals surface area contributed by atoms with E-state index in [1.807, 2.05) is 6.07 Å². The van der Waals surface area contributed by atoms with Gasteiger partial charge in [0.15, 0.2) is 0 Å². The van der Waals surface area contributed by atoms with E-state index in [-0.39, 0.29) is 63.4 Å². The number of rotatable bonds is 12. The van der Waals surface area contributed by atoms with E-state index in [1.165, 1.54) is 68.0 Å². The number of piperidine rings is 3. The number of H-pyrrole nitrogens is 1. The van der Waals surface area contributed by atoms with Gasteiger partial charge in [-0.2, -0.15) is 20.4 Å². The first-order valence-electron chi connectivity index (χ1n) is 31.4. The molecule has 6 atom stereocenters. The highest BCUT2D eigenvalue weighted by Crippen LogP contribution is 2.54. The van der Waals surface area contributed by atoms with Crippen molar-refractivity contribution in [3.63, 3.8) is 0 Å². The molecule has 7 fully saturated rings. The molecule has 0 aromatic carbocycles. The monoisotopic (exact) mass is 1190 g/mol. The number of nitrogens with one attached hydrogen (secondary N) is 4. The number of aryl methyl sites for hydroxylation is 1. The van der Waals surface area contributed by atoms with E-state index in [0.29, 0.717) is 74.0 Å². The molecule has 14 heterocycles. The van der Waals surface area contributed by atoms with Gasteiger partial charge >= 0.3 is 0 Å². The lowest BCUT2D eigenvalue weighted by Gasteiger charge is -2.41. The molecular formula is C63H71N19O6. The summed E-state index contributed by atoms with van der Waals surface area (Å²) in [5.41, 5.74) is 6.76. The van der Waals surface area contributed by atoms with Gasteiger partial charge in [0.05, 0.1) is 31.0 Å². The average Bonchev–Trinajstić information content (AvgIpc) is 1.58. The molecule has 2 spiro atoms. The van der Waals surface area contributed by atoms with Crippen molar-refractivity contribution in [2.45, 2.75) is 169 Å². The lowest BCUT2D eigenvalue weighted by atomic mass is 9.86. The highest BCUT2D eigenvalue weighted by atomic mass is 16.5. The fraction of sp³-hybridized carbons (Fsp3) is 0.444. The van der Waals surface area contributed by atoms with Crippen LogP contribution in [0.25, 0.3) is 62.1 Å². The first-order valence-corrected chi connectivity index (χ1v) is 29.9. The van der Waals surface area contributed by atoms with E-state index < -0.39 is 6.98 Å². The molecule has 9 aromatic heterocycles. The molecule has 2 saturated carbocycles. The number of aromatic amines is 1. The van der Waals surface area contributed by atoms with Gasteiger partial charge in [-0.3, -0.25) is 9.78 Å². The summed E-state index contributed by atoms with van der Waals surface area (Å²) in [6.07, 6.45) is 30.0. The Morgan fingerprint density at radius 2 is 0.920 bits per heavy atom. The molecule has 5 aliphatic heterocycles. The number of nitrogens with zero attached hydrogens (tertiary/aromatic N) is 15. The van der Waals surface area contributed by atoms with Crippen LogP contribution in [-0.4, -0.2) is 147 Å². The zero-order valence-corrected chi connectivity index (χ0v) is 49.3. The summed E-state index contributed by atoms with van der Waals surface area (Å²) < 4.78 is 41.6. The van der Waals surface area contributed by atoms with Crippen LogP contribution in [0.15, 0.2) is 110 Å². The fourth-order valence-corrected chi connectivity index (χ4v) is 14.0. The fourth-order valence-electron chi connectivity index (χ4n) is 14.0. The van der Waals surface area contributed by atoms with E-state index in [2.05, 4.69) is 115 Å². The Hall–Kier alpha value is -9.07. The number of aromatic nitrogens is 16. The second kappa shape index (κ2) is 22.0. The quantitative estimate of drug-likeness (QED) is 0.0606. The van der Waals surface area contributed by atoms with E-state index in [9.17, 15) is 15.3 Å². The first-order chi connectivity index (χ1) is 43.6. The highest BCUT2D eigenvalue weighted by Gasteiger charge is 2.59. The van der Waals surface area contributed by atoms with Gasteiger partial charge in [0.1, 0.15) is 75.4 Å². The minimum atomic E-state index is -2.36. The molecule has 0 radical (unpaired) electrons. The van der Waals surface area contributed by atoms with Gasteiger partial charge in [-0.15, -0.1) is 35.4 Å². The summed E-state index contributed by atoms with van der Waals surface area (Å²) in [5.74, 6) is 1.42. The molecule has 2 unspecified atom stereocenters. The minimum Gasteiger partial charge on any atom is -0.506 e. The zero-order chi connectivity index (χ0) is 63.0. The van der Waals surface area contributed by atoms with Crippen LogP contribution in [-0.2, 0) is 6.98 Å². The Morgan fingerprint density at radius 1 is 0.477 bits per heavy atom. The van der Waals surface area contributed by atoms with Gasteiger partial charge in [-0.25, -0.2) is 15.0 Å².